The largest absolute Gasteiger partial charge is 0.480 e. The molecule has 2 heterocycles. The molecule has 1 aromatic rings. The average molecular weight is 339 g/mol. The van der Waals surface area contributed by atoms with Crippen LogP contribution >= 0.6 is 23.1 Å². The van der Waals surface area contributed by atoms with E-state index in [2.05, 4.69) is 12.2 Å². The molecule has 0 spiro atoms. The third kappa shape index (κ3) is 2.91. The summed E-state index contributed by atoms with van der Waals surface area (Å²) in [5.41, 5.74) is 0.00101. The Kier molecular flexibility index (Phi) is 4.50. The van der Waals surface area contributed by atoms with Gasteiger partial charge in [0, 0.05) is 4.88 Å². The van der Waals surface area contributed by atoms with Gasteiger partial charge in [0.15, 0.2) is 0 Å². The van der Waals surface area contributed by atoms with Crippen LogP contribution in [0.2, 0.25) is 0 Å². The van der Waals surface area contributed by atoms with Crippen molar-refractivity contribution in [3.05, 3.63) is 21.9 Å². The van der Waals surface area contributed by atoms with Crippen molar-refractivity contribution in [2.45, 2.75) is 49.8 Å². The van der Waals surface area contributed by atoms with E-state index in [0.717, 1.165) is 30.6 Å². The van der Waals surface area contributed by atoms with Crippen LogP contribution in [0.3, 0.4) is 0 Å². The molecule has 1 amide bonds. The number of amides is 1. The van der Waals surface area contributed by atoms with Crippen LogP contribution in [0.1, 0.15) is 48.3 Å². The van der Waals surface area contributed by atoms with Crippen molar-refractivity contribution in [1.29, 1.82) is 0 Å². The van der Waals surface area contributed by atoms with Crippen molar-refractivity contribution in [3.8, 4) is 0 Å². The molecule has 0 bridgehead atoms. The smallest absolute Gasteiger partial charge is 0.329 e. The van der Waals surface area contributed by atoms with Gasteiger partial charge in [-0.3, -0.25) is 4.79 Å². The van der Waals surface area contributed by atoms with Crippen molar-refractivity contribution in [2.24, 2.45) is 5.92 Å². The lowest BCUT2D eigenvalue weighted by Gasteiger charge is -2.37. The quantitative estimate of drug-likeness (QED) is 0.887. The van der Waals surface area contributed by atoms with Gasteiger partial charge in [0.1, 0.15) is 10.8 Å². The number of carbonyl (C=O) groups is 2. The van der Waals surface area contributed by atoms with E-state index in [1.54, 1.807) is 23.1 Å². The Balaban J connectivity index is 1.77. The van der Waals surface area contributed by atoms with Gasteiger partial charge < -0.3 is 10.4 Å². The highest BCUT2D eigenvalue weighted by Crippen LogP contribution is 2.40. The van der Waals surface area contributed by atoms with E-state index in [1.807, 2.05) is 11.4 Å². The van der Waals surface area contributed by atoms with Crippen molar-refractivity contribution >= 4 is 35.0 Å². The first kappa shape index (κ1) is 15.9. The van der Waals surface area contributed by atoms with Crippen molar-refractivity contribution in [2.75, 3.05) is 5.75 Å². The van der Waals surface area contributed by atoms with Crippen molar-refractivity contribution in [1.82, 2.24) is 5.32 Å². The molecule has 6 heteroatoms. The van der Waals surface area contributed by atoms with Crippen LogP contribution < -0.4 is 5.32 Å². The third-order valence-corrected chi connectivity index (χ3v) is 7.05. The van der Waals surface area contributed by atoms with Crippen molar-refractivity contribution < 1.29 is 14.7 Å². The molecule has 120 valence electrons. The molecule has 1 aliphatic heterocycles. The number of aliphatic carboxylic acids is 1. The molecule has 4 nitrogen and oxygen atoms in total. The summed E-state index contributed by atoms with van der Waals surface area (Å²) < 4.78 is 0. The van der Waals surface area contributed by atoms with E-state index in [1.165, 1.54) is 4.88 Å². The summed E-state index contributed by atoms with van der Waals surface area (Å²) in [5.74, 6) is 0.431. The number of carboxylic acid groups (broad SMARTS) is 1. The van der Waals surface area contributed by atoms with Crippen LogP contribution in [-0.4, -0.2) is 28.3 Å². The van der Waals surface area contributed by atoms with Gasteiger partial charge in [0.25, 0.3) is 0 Å². The maximum Gasteiger partial charge on any atom is 0.329 e. The fraction of sp³-hybridized carbons (Fsp3) is 0.625. The Labute approximate surface area is 138 Å². The molecule has 1 unspecified atom stereocenters. The second-order valence-electron chi connectivity index (χ2n) is 6.36. The number of aryl methyl sites for hydroxylation is 1. The van der Waals surface area contributed by atoms with Gasteiger partial charge in [-0.2, -0.15) is 0 Å². The van der Waals surface area contributed by atoms with E-state index in [-0.39, 0.29) is 11.2 Å². The second kappa shape index (κ2) is 6.24. The van der Waals surface area contributed by atoms with Crippen LogP contribution in [0.25, 0.3) is 0 Å². The molecule has 0 saturated heterocycles. The number of hydrogen-bond acceptors (Lipinski definition) is 4. The summed E-state index contributed by atoms with van der Waals surface area (Å²) in [6.07, 6.45) is 3.78. The third-order valence-electron chi connectivity index (χ3n) is 4.81. The predicted molar refractivity (Wildman–Crippen MR) is 89.4 cm³/mol. The zero-order valence-electron chi connectivity index (χ0n) is 12.6. The maximum atomic E-state index is 12.7. The molecule has 22 heavy (non-hydrogen) atoms. The summed E-state index contributed by atoms with van der Waals surface area (Å²) in [6, 6.07) is 2.01. The zero-order valence-corrected chi connectivity index (χ0v) is 14.3. The van der Waals surface area contributed by atoms with Gasteiger partial charge >= 0.3 is 5.97 Å². The first-order valence-corrected chi connectivity index (χ1v) is 9.68. The number of hydrogen-bond donors (Lipinski definition) is 2. The summed E-state index contributed by atoms with van der Waals surface area (Å²) in [5, 5.41) is 14.3. The fourth-order valence-corrected chi connectivity index (χ4v) is 5.61. The van der Waals surface area contributed by atoms with E-state index >= 15 is 0 Å². The first-order chi connectivity index (χ1) is 10.5. The number of carbonyl (C=O) groups excluding carboxylic acids is 1. The number of rotatable bonds is 3. The van der Waals surface area contributed by atoms with Crippen molar-refractivity contribution in [3.63, 3.8) is 0 Å². The molecule has 2 aliphatic rings. The normalized spacial score (nSPS) is 31.3. The minimum atomic E-state index is -1.07. The van der Waals surface area contributed by atoms with Gasteiger partial charge in [0.2, 0.25) is 5.91 Å². The molecule has 1 fully saturated rings. The SMILES string of the molecule is CC1CCC(NC(=O)C2SCCc3sccc32)(C(=O)O)CC1. The summed E-state index contributed by atoms with van der Waals surface area (Å²) in [6.45, 7) is 2.14. The van der Waals surface area contributed by atoms with Crippen LogP contribution in [0.5, 0.6) is 0 Å². The van der Waals surface area contributed by atoms with E-state index in [4.69, 9.17) is 0 Å². The van der Waals surface area contributed by atoms with Gasteiger partial charge in [-0.05, 0) is 60.8 Å². The lowest BCUT2D eigenvalue weighted by atomic mass is 9.77. The highest BCUT2D eigenvalue weighted by atomic mass is 32.2. The summed E-state index contributed by atoms with van der Waals surface area (Å²) in [7, 11) is 0. The number of fused-ring (bicyclic) bond motifs is 1. The summed E-state index contributed by atoms with van der Waals surface area (Å²) >= 11 is 3.31. The van der Waals surface area contributed by atoms with E-state index in [0.29, 0.717) is 18.8 Å². The minimum Gasteiger partial charge on any atom is -0.480 e. The molecular formula is C16H21NO3S2. The van der Waals surface area contributed by atoms with E-state index in [9.17, 15) is 14.7 Å². The molecule has 0 radical (unpaired) electrons. The molecule has 1 atom stereocenters. The Morgan fingerprint density at radius 3 is 2.77 bits per heavy atom. The number of nitrogens with one attached hydrogen (secondary N) is 1. The fourth-order valence-electron chi connectivity index (χ4n) is 3.31. The summed E-state index contributed by atoms with van der Waals surface area (Å²) in [4.78, 5) is 25.8. The standard InChI is InChI=1S/C16H21NO3S2/c1-10-2-6-16(7-3-10,15(19)20)17-14(18)13-11-4-8-21-12(11)5-9-22-13/h4,8,10,13H,2-3,5-7,9H2,1H3,(H,17,18)(H,19,20). The topological polar surface area (TPSA) is 66.4 Å². The molecular weight excluding hydrogens is 318 g/mol. The van der Waals surface area contributed by atoms with Crippen LogP contribution in [0.4, 0.5) is 0 Å². The average Bonchev–Trinajstić information content (AvgIpc) is 2.97. The van der Waals surface area contributed by atoms with Gasteiger partial charge in [-0.15, -0.1) is 23.1 Å². The second-order valence-corrected chi connectivity index (χ2v) is 8.57. The van der Waals surface area contributed by atoms with Gasteiger partial charge in [-0.25, -0.2) is 4.79 Å². The minimum absolute atomic E-state index is 0.138. The maximum absolute atomic E-state index is 12.7. The number of carboxylic acids is 1. The Morgan fingerprint density at radius 2 is 2.09 bits per heavy atom. The van der Waals surface area contributed by atoms with Gasteiger partial charge in [0.05, 0.1) is 0 Å². The van der Waals surface area contributed by atoms with Gasteiger partial charge in [-0.1, -0.05) is 6.92 Å². The van der Waals surface area contributed by atoms with Crippen LogP contribution in [0.15, 0.2) is 11.4 Å². The lowest BCUT2D eigenvalue weighted by molar-refractivity contribution is -0.149. The Morgan fingerprint density at radius 1 is 1.36 bits per heavy atom. The Hall–Kier alpha value is -1.01. The first-order valence-electron chi connectivity index (χ1n) is 7.75. The highest BCUT2D eigenvalue weighted by Gasteiger charge is 2.44. The lowest BCUT2D eigenvalue weighted by Crippen LogP contribution is -2.57. The highest BCUT2D eigenvalue weighted by molar-refractivity contribution is 8.00. The monoisotopic (exact) mass is 339 g/mol. The zero-order chi connectivity index (χ0) is 15.7. The molecule has 0 aromatic carbocycles. The predicted octanol–water partition coefficient (Wildman–Crippen LogP) is 3.23. The van der Waals surface area contributed by atoms with Crippen LogP contribution in [0, 0.1) is 5.92 Å². The molecule has 1 aliphatic carbocycles. The Bertz CT molecular complexity index is 576. The number of thioether (sulfide) groups is 1. The van der Waals surface area contributed by atoms with Crippen LogP contribution in [-0.2, 0) is 16.0 Å². The molecule has 3 rings (SSSR count). The molecule has 2 N–H and O–H groups in total. The number of thiophene rings is 1. The molecule has 1 saturated carbocycles. The molecule has 1 aromatic heterocycles. The van der Waals surface area contributed by atoms with E-state index < -0.39 is 11.5 Å².